The SMILES string of the molecule is Cc1ccc(C(=O)Nc2ccccc2)c(Cl)c1. The van der Waals surface area contributed by atoms with Crippen LogP contribution >= 0.6 is 11.6 Å². The van der Waals surface area contributed by atoms with Crippen molar-refractivity contribution in [2.45, 2.75) is 6.92 Å². The summed E-state index contributed by atoms with van der Waals surface area (Å²) in [4.78, 5) is 12.0. The predicted molar refractivity (Wildman–Crippen MR) is 70.6 cm³/mol. The average Bonchev–Trinajstić information content (AvgIpc) is 2.30. The Morgan fingerprint density at radius 2 is 1.82 bits per heavy atom. The number of anilines is 1. The Morgan fingerprint density at radius 1 is 1.12 bits per heavy atom. The Hall–Kier alpha value is -1.80. The van der Waals surface area contributed by atoms with Gasteiger partial charge in [0, 0.05) is 5.69 Å². The van der Waals surface area contributed by atoms with Crippen LogP contribution in [-0.2, 0) is 0 Å². The van der Waals surface area contributed by atoms with E-state index in [0.29, 0.717) is 10.6 Å². The molecule has 0 aliphatic heterocycles. The van der Waals surface area contributed by atoms with E-state index in [1.165, 1.54) is 0 Å². The van der Waals surface area contributed by atoms with Crippen LogP contribution in [0.2, 0.25) is 5.02 Å². The summed E-state index contributed by atoms with van der Waals surface area (Å²) in [5.74, 6) is -0.193. The third-order valence-electron chi connectivity index (χ3n) is 2.40. The molecule has 2 aromatic rings. The molecule has 0 saturated heterocycles. The average molecular weight is 246 g/mol. The summed E-state index contributed by atoms with van der Waals surface area (Å²) in [7, 11) is 0. The molecule has 0 spiro atoms. The predicted octanol–water partition coefficient (Wildman–Crippen LogP) is 3.90. The largest absolute Gasteiger partial charge is 0.322 e. The van der Waals surface area contributed by atoms with E-state index in [-0.39, 0.29) is 5.91 Å². The number of rotatable bonds is 2. The van der Waals surface area contributed by atoms with Crippen LogP contribution in [0, 0.1) is 6.92 Å². The van der Waals surface area contributed by atoms with Gasteiger partial charge in [-0.3, -0.25) is 4.79 Å². The van der Waals surface area contributed by atoms with Gasteiger partial charge in [0.2, 0.25) is 0 Å². The summed E-state index contributed by atoms with van der Waals surface area (Å²) in [6.45, 7) is 1.94. The summed E-state index contributed by atoms with van der Waals surface area (Å²) < 4.78 is 0. The van der Waals surface area contributed by atoms with Crippen molar-refractivity contribution in [3.05, 3.63) is 64.7 Å². The molecule has 0 unspecified atom stereocenters. The lowest BCUT2D eigenvalue weighted by molar-refractivity contribution is 0.102. The monoisotopic (exact) mass is 245 g/mol. The molecule has 0 heterocycles. The fourth-order valence-electron chi connectivity index (χ4n) is 1.52. The van der Waals surface area contributed by atoms with Crippen LogP contribution in [0.4, 0.5) is 5.69 Å². The van der Waals surface area contributed by atoms with Gasteiger partial charge in [-0.25, -0.2) is 0 Å². The second-order valence-corrected chi connectivity index (χ2v) is 4.21. The molecule has 1 amide bonds. The highest BCUT2D eigenvalue weighted by Gasteiger charge is 2.10. The van der Waals surface area contributed by atoms with Crippen LogP contribution in [0.5, 0.6) is 0 Å². The quantitative estimate of drug-likeness (QED) is 0.854. The maximum absolute atomic E-state index is 12.0. The van der Waals surface area contributed by atoms with Gasteiger partial charge in [0.25, 0.3) is 5.91 Å². The molecule has 0 bridgehead atoms. The van der Waals surface area contributed by atoms with Gasteiger partial charge in [-0.05, 0) is 36.8 Å². The highest BCUT2D eigenvalue weighted by atomic mass is 35.5. The van der Waals surface area contributed by atoms with Crippen molar-refractivity contribution in [2.75, 3.05) is 5.32 Å². The number of nitrogens with one attached hydrogen (secondary N) is 1. The van der Waals surface area contributed by atoms with E-state index in [4.69, 9.17) is 11.6 Å². The number of amides is 1. The van der Waals surface area contributed by atoms with Crippen molar-refractivity contribution in [3.63, 3.8) is 0 Å². The van der Waals surface area contributed by atoms with Crippen LogP contribution < -0.4 is 5.32 Å². The van der Waals surface area contributed by atoms with E-state index in [1.807, 2.05) is 43.3 Å². The number of carbonyl (C=O) groups is 1. The summed E-state index contributed by atoms with van der Waals surface area (Å²) in [5.41, 5.74) is 2.28. The van der Waals surface area contributed by atoms with Gasteiger partial charge < -0.3 is 5.32 Å². The summed E-state index contributed by atoms with van der Waals surface area (Å²) in [5, 5.41) is 3.27. The fourth-order valence-corrected chi connectivity index (χ4v) is 1.85. The number of hydrogen-bond acceptors (Lipinski definition) is 1. The van der Waals surface area contributed by atoms with Gasteiger partial charge in [-0.1, -0.05) is 35.9 Å². The molecule has 2 aromatic carbocycles. The van der Waals surface area contributed by atoms with Crippen LogP contribution in [0.25, 0.3) is 0 Å². The van der Waals surface area contributed by atoms with Crippen LogP contribution in [0.3, 0.4) is 0 Å². The molecule has 1 N–H and O–H groups in total. The zero-order chi connectivity index (χ0) is 12.3. The maximum Gasteiger partial charge on any atom is 0.257 e. The lowest BCUT2D eigenvalue weighted by atomic mass is 10.1. The smallest absolute Gasteiger partial charge is 0.257 e. The molecule has 0 atom stereocenters. The minimum atomic E-state index is -0.193. The van der Waals surface area contributed by atoms with E-state index < -0.39 is 0 Å². The van der Waals surface area contributed by atoms with Crippen molar-refractivity contribution < 1.29 is 4.79 Å². The van der Waals surface area contributed by atoms with Crippen molar-refractivity contribution in [1.29, 1.82) is 0 Å². The second-order valence-electron chi connectivity index (χ2n) is 3.80. The molecule has 0 radical (unpaired) electrons. The molecule has 0 saturated carbocycles. The molecule has 2 rings (SSSR count). The molecule has 0 aliphatic rings. The van der Waals surface area contributed by atoms with Gasteiger partial charge in [0.15, 0.2) is 0 Å². The van der Waals surface area contributed by atoms with Crippen molar-refractivity contribution >= 4 is 23.2 Å². The fraction of sp³-hybridized carbons (Fsp3) is 0.0714. The van der Waals surface area contributed by atoms with Gasteiger partial charge in [0.1, 0.15) is 0 Å². The van der Waals surface area contributed by atoms with Crippen molar-refractivity contribution in [2.24, 2.45) is 0 Å². The number of hydrogen-bond donors (Lipinski definition) is 1. The topological polar surface area (TPSA) is 29.1 Å². The van der Waals surface area contributed by atoms with Crippen molar-refractivity contribution in [1.82, 2.24) is 0 Å². The summed E-state index contributed by atoms with van der Waals surface area (Å²) in [6, 6.07) is 14.7. The first-order chi connectivity index (χ1) is 8.16. The van der Waals surface area contributed by atoms with Gasteiger partial charge in [-0.2, -0.15) is 0 Å². The lowest BCUT2D eigenvalue weighted by Gasteiger charge is -2.07. The number of aryl methyl sites for hydroxylation is 1. The van der Waals surface area contributed by atoms with E-state index in [2.05, 4.69) is 5.32 Å². The zero-order valence-electron chi connectivity index (χ0n) is 9.41. The van der Waals surface area contributed by atoms with Crippen molar-refractivity contribution in [3.8, 4) is 0 Å². The highest BCUT2D eigenvalue weighted by molar-refractivity contribution is 6.34. The maximum atomic E-state index is 12.0. The Bertz CT molecular complexity index is 537. The number of para-hydroxylation sites is 1. The first-order valence-corrected chi connectivity index (χ1v) is 5.67. The van der Waals surface area contributed by atoms with E-state index in [0.717, 1.165) is 11.3 Å². The molecule has 2 nitrogen and oxygen atoms in total. The van der Waals surface area contributed by atoms with Gasteiger partial charge >= 0.3 is 0 Å². The van der Waals surface area contributed by atoms with Crippen LogP contribution in [0.15, 0.2) is 48.5 Å². The zero-order valence-corrected chi connectivity index (χ0v) is 10.2. The summed E-state index contributed by atoms with van der Waals surface area (Å²) in [6.07, 6.45) is 0. The third-order valence-corrected chi connectivity index (χ3v) is 2.71. The Balaban J connectivity index is 2.21. The highest BCUT2D eigenvalue weighted by Crippen LogP contribution is 2.19. The standard InChI is InChI=1S/C14H12ClNO/c1-10-7-8-12(13(15)9-10)14(17)16-11-5-3-2-4-6-11/h2-9H,1H3,(H,16,17). The molecule has 86 valence electrons. The Morgan fingerprint density at radius 3 is 2.47 bits per heavy atom. The second kappa shape index (κ2) is 5.02. The molecule has 3 heteroatoms. The minimum absolute atomic E-state index is 0.193. The number of carbonyl (C=O) groups excluding carboxylic acids is 1. The van der Waals surface area contributed by atoms with Gasteiger partial charge in [-0.15, -0.1) is 0 Å². The van der Waals surface area contributed by atoms with Gasteiger partial charge in [0.05, 0.1) is 10.6 Å². The Kier molecular flexibility index (Phi) is 3.45. The van der Waals surface area contributed by atoms with E-state index >= 15 is 0 Å². The molecular weight excluding hydrogens is 234 g/mol. The molecule has 0 fully saturated rings. The number of halogens is 1. The molecular formula is C14H12ClNO. The lowest BCUT2D eigenvalue weighted by Crippen LogP contribution is -2.12. The molecule has 17 heavy (non-hydrogen) atoms. The van der Waals surface area contributed by atoms with Crippen LogP contribution in [0.1, 0.15) is 15.9 Å². The number of benzene rings is 2. The van der Waals surface area contributed by atoms with E-state index in [1.54, 1.807) is 12.1 Å². The Labute approximate surface area is 105 Å². The molecule has 0 aliphatic carbocycles. The normalized spacial score (nSPS) is 10.0. The minimum Gasteiger partial charge on any atom is -0.322 e. The first-order valence-electron chi connectivity index (χ1n) is 5.29. The summed E-state index contributed by atoms with van der Waals surface area (Å²) >= 11 is 6.03. The first kappa shape index (κ1) is 11.7. The van der Waals surface area contributed by atoms with E-state index in [9.17, 15) is 4.79 Å². The third kappa shape index (κ3) is 2.86. The van der Waals surface area contributed by atoms with Crippen LogP contribution in [-0.4, -0.2) is 5.91 Å². The molecule has 0 aromatic heterocycles.